The van der Waals surface area contributed by atoms with E-state index >= 15 is 0 Å². The summed E-state index contributed by atoms with van der Waals surface area (Å²) in [6.07, 6.45) is 0.251. The van der Waals surface area contributed by atoms with Crippen LogP contribution in [0.5, 0.6) is 0 Å². The van der Waals surface area contributed by atoms with Crippen LogP contribution in [0.4, 0.5) is 0 Å². The fourth-order valence-corrected chi connectivity index (χ4v) is 1.67. The summed E-state index contributed by atoms with van der Waals surface area (Å²) in [5, 5.41) is 13.6. The van der Waals surface area contributed by atoms with Crippen LogP contribution in [0.2, 0.25) is 10.0 Å². The Morgan fingerprint density at radius 3 is 2.61 bits per heavy atom. The average molecular weight is 290 g/mol. The molecule has 4 nitrogen and oxygen atoms in total. The molecule has 0 aliphatic carbocycles. The van der Waals surface area contributed by atoms with Crippen molar-refractivity contribution in [1.82, 2.24) is 0 Å². The molecule has 1 aromatic carbocycles. The standard InChI is InChI=1S/C12H13Cl2NO3/c1-7(12(16)17)5-11(15-18-2)8-3-4-9(13)10(14)6-8/h3-4,6-7H,5H2,1-2H3,(H,16,17). The fourth-order valence-electron chi connectivity index (χ4n) is 1.37. The van der Waals surface area contributed by atoms with Crippen LogP contribution >= 0.6 is 23.2 Å². The summed E-state index contributed by atoms with van der Waals surface area (Å²) in [7, 11) is 1.41. The first-order chi connectivity index (χ1) is 8.45. The van der Waals surface area contributed by atoms with Gasteiger partial charge in [-0.25, -0.2) is 0 Å². The van der Waals surface area contributed by atoms with Crippen LogP contribution in [0.1, 0.15) is 18.9 Å². The molecule has 1 atom stereocenters. The van der Waals surface area contributed by atoms with Gasteiger partial charge in [-0.05, 0) is 12.1 Å². The molecule has 1 rings (SSSR count). The number of oxime groups is 1. The maximum atomic E-state index is 10.8. The summed E-state index contributed by atoms with van der Waals surface area (Å²) in [4.78, 5) is 15.6. The summed E-state index contributed by atoms with van der Waals surface area (Å²) < 4.78 is 0. The molecule has 0 aliphatic heterocycles. The highest BCUT2D eigenvalue weighted by Crippen LogP contribution is 2.24. The molecule has 0 spiro atoms. The van der Waals surface area contributed by atoms with Crippen molar-refractivity contribution in [2.24, 2.45) is 11.1 Å². The van der Waals surface area contributed by atoms with Gasteiger partial charge in [0.05, 0.1) is 21.7 Å². The number of rotatable bonds is 5. The van der Waals surface area contributed by atoms with Crippen molar-refractivity contribution in [3.05, 3.63) is 33.8 Å². The number of carbonyl (C=O) groups is 1. The summed E-state index contributed by atoms with van der Waals surface area (Å²) in [6, 6.07) is 4.99. The molecule has 18 heavy (non-hydrogen) atoms. The lowest BCUT2D eigenvalue weighted by atomic mass is 9.99. The first kappa shape index (κ1) is 14.8. The van der Waals surface area contributed by atoms with Gasteiger partial charge in [0.1, 0.15) is 7.11 Å². The van der Waals surface area contributed by atoms with Gasteiger partial charge >= 0.3 is 5.97 Å². The molecule has 6 heteroatoms. The molecular weight excluding hydrogens is 277 g/mol. The smallest absolute Gasteiger partial charge is 0.306 e. The van der Waals surface area contributed by atoms with Crippen LogP contribution in [-0.4, -0.2) is 23.9 Å². The third-order valence-electron chi connectivity index (χ3n) is 2.38. The lowest BCUT2D eigenvalue weighted by Crippen LogP contribution is -2.15. The molecule has 0 saturated carbocycles. The topological polar surface area (TPSA) is 58.9 Å². The number of aliphatic carboxylic acids is 1. The van der Waals surface area contributed by atoms with Gasteiger partial charge in [-0.3, -0.25) is 4.79 Å². The Hall–Kier alpha value is -1.26. The molecule has 0 radical (unpaired) electrons. The predicted molar refractivity (Wildman–Crippen MR) is 71.4 cm³/mol. The van der Waals surface area contributed by atoms with E-state index in [1.807, 2.05) is 0 Å². The van der Waals surface area contributed by atoms with E-state index in [4.69, 9.17) is 33.1 Å². The van der Waals surface area contributed by atoms with Crippen LogP contribution < -0.4 is 0 Å². The van der Waals surface area contributed by atoms with E-state index in [1.165, 1.54) is 7.11 Å². The van der Waals surface area contributed by atoms with E-state index in [0.29, 0.717) is 21.3 Å². The molecule has 1 N–H and O–H groups in total. The van der Waals surface area contributed by atoms with E-state index in [0.717, 1.165) is 0 Å². The van der Waals surface area contributed by atoms with E-state index in [2.05, 4.69) is 5.16 Å². The van der Waals surface area contributed by atoms with E-state index in [1.54, 1.807) is 25.1 Å². The molecule has 0 heterocycles. The molecular formula is C12H13Cl2NO3. The van der Waals surface area contributed by atoms with E-state index in [-0.39, 0.29) is 6.42 Å². The summed E-state index contributed by atoms with van der Waals surface area (Å²) >= 11 is 11.7. The van der Waals surface area contributed by atoms with Gasteiger partial charge in [-0.1, -0.05) is 41.3 Å². The first-order valence-corrected chi connectivity index (χ1v) is 5.99. The van der Waals surface area contributed by atoms with Gasteiger partial charge in [0.25, 0.3) is 0 Å². The Morgan fingerprint density at radius 1 is 1.44 bits per heavy atom. The molecule has 0 fully saturated rings. The van der Waals surface area contributed by atoms with Crippen LogP contribution in [0.3, 0.4) is 0 Å². The quantitative estimate of drug-likeness (QED) is 0.667. The van der Waals surface area contributed by atoms with Gasteiger partial charge < -0.3 is 9.94 Å². The third kappa shape index (κ3) is 3.89. The lowest BCUT2D eigenvalue weighted by molar-refractivity contribution is -0.140. The average Bonchev–Trinajstić information content (AvgIpc) is 2.32. The summed E-state index contributed by atoms with van der Waals surface area (Å²) in [5.41, 5.74) is 1.21. The fraction of sp³-hybridized carbons (Fsp3) is 0.333. The van der Waals surface area contributed by atoms with Gasteiger partial charge in [0, 0.05) is 12.0 Å². The molecule has 1 unspecified atom stereocenters. The van der Waals surface area contributed by atoms with Gasteiger partial charge in [-0.15, -0.1) is 0 Å². The van der Waals surface area contributed by atoms with Crippen molar-refractivity contribution in [1.29, 1.82) is 0 Å². The third-order valence-corrected chi connectivity index (χ3v) is 3.11. The second-order valence-corrected chi connectivity index (χ2v) is 4.61. The number of carboxylic acid groups (broad SMARTS) is 1. The monoisotopic (exact) mass is 289 g/mol. The highest BCUT2D eigenvalue weighted by Gasteiger charge is 2.17. The minimum atomic E-state index is -0.890. The Kier molecular flexibility index (Phi) is 5.44. The first-order valence-electron chi connectivity index (χ1n) is 5.24. The van der Waals surface area contributed by atoms with Gasteiger partial charge in [0.2, 0.25) is 0 Å². The number of hydrogen-bond acceptors (Lipinski definition) is 3. The zero-order chi connectivity index (χ0) is 13.7. The second kappa shape index (κ2) is 6.61. The van der Waals surface area contributed by atoms with Crippen molar-refractivity contribution < 1.29 is 14.7 Å². The number of hydrogen-bond donors (Lipinski definition) is 1. The number of nitrogens with zero attached hydrogens (tertiary/aromatic N) is 1. The second-order valence-electron chi connectivity index (χ2n) is 3.79. The molecule has 0 aromatic heterocycles. The maximum absolute atomic E-state index is 10.8. The number of benzene rings is 1. The largest absolute Gasteiger partial charge is 0.481 e. The molecule has 1 aromatic rings. The Labute approximate surface area is 115 Å². The summed E-state index contributed by atoms with van der Waals surface area (Å²) in [5.74, 6) is -1.45. The molecule has 0 amide bonds. The lowest BCUT2D eigenvalue weighted by Gasteiger charge is -2.10. The number of halogens is 2. The van der Waals surface area contributed by atoms with Crippen molar-refractivity contribution in [2.75, 3.05) is 7.11 Å². The predicted octanol–water partition coefficient (Wildman–Crippen LogP) is 3.45. The van der Waals surface area contributed by atoms with Crippen LogP contribution in [0.15, 0.2) is 23.4 Å². The minimum Gasteiger partial charge on any atom is -0.481 e. The van der Waals surface area contributed by atoms with Crippen LogP contribution in [-0.2, 0) is 9.63 Å². The minimum absolute atomic E-state index is 0.251. The molecule has 0 saturated heterocycles. The van der Waals surface area contributed by atoms with E-state index < -0.39 is 11.9 Å². The van der Waals surface area contributed by atoms with Crippen molar-refractivity contribution in [2.45, 2.75) is 13.3 Å². The summed E-state index contributed by atoms with van der Waals surface area (Å²) in [6.45, 7) is 1.60. The zero-order valence-electron chi connectivity index (χ0n) is 9.98. The SMILES string of the molecule is CON=C(CC(C)C(=O)O)c1ccc(Cl)c(Cl)c1. The highest BCUT2D eigenvalue weighted by atomic mass is 35.5. The highest BCUT2D eigenvalue weighted by molar-refractivity contribution is 6.42. The van der Waals surface area contributed by atoms with Gasteiger partial charge in [-0.2, -0.15) is 0 Å². The maximum Gasteiger partial charge on any atom is 0.306 e. The van der Waals surface area contributed by atoms with Gasteiger partial charge in [0.15, 0.2) is 0 Å². The molecule has 0 aliphatic rings. The Balaban J connectivity index is 3.01. The van der Waals surface area contributed by atoms with E-state index in [9.17, 15) is 4.79 Å². The van der Waals surface area contributed by atoms with Crippen molar-refractivity contribution in [3.8, 4) is 0 Å². The van der Waals surface area contributed by atoms with Crippen molar-refractivity contribution >= 4 is 34.9 Å². The van der Waals surface area contributed by atoms with Crippen LogP contribution in [0.25, 0.3) is 0 Å². The zero-order valence-corrected chi connectivity index (χ0v) is 11.5. The van der Waals surface area contributed by atoms with Crippen molar-refractivity contribution in [3.63, 3.8) is 0 Å². The Morgan fingerprint density at radius 2 is 2.11 bits per heavy atom. The Bertz CT molecular complexity index is 474. The molecule has 0 bridgehead atoms. The number of carboxylic acids is 1. The molecule has 98 valence electrons. The van der Waals surface area contributed by atoms with Crippen LogP contribution in [0, 0.1) is 5.92 Å². The normalized spacial score (nSPS) is 13.2.